The molecule has 7 heteroatoms. The fourth-order valence-corrected chi connectivity index (χ4v) is 2.38. The first kappa shape index (κ1) is 17.7. The first-order valence-electron chi connectivity index (χ1n) is 7.55. The summed E-state index contributed by atoms with van der Waals surface area (Å²) in [6.07, 6.45) is 1.69. The summed E-state index contributed by atoms with van der Waals surface area (Å²) in [6, 6.07) is 9.01. The number of nitrogens with one attached hydrogen (secondary N) is 1. The number of rotatable bonds is 8. The van der Waals surface area contributed by atoms with E-state index in [2.05, 4.69) is 5.32 Å². The van der Waals surface area contributed by atoms with Crippen LogP contribution in [0.4, 0.5) is 4.39 Å². The van der Waals surface area contributed by atoms with Crippen LogP contribution in [-0.2, 0) is 16.0 Å². The molecule has 0 saturated heterocycles. The molecule has 6 nitrogen and oxygen atoms in total. The number of amides is 2. The summed E-state index contributed by atoms with van der Waals surface area (Å²) in [7, 11) is 0. The van der Waals surface area contributed by atoms with Crippen LogP contribution >= 0.6 is 0 Å². The number of furan rings is 1. The highest BCUT2D eigenvalue weighted by molar-refractivity contribution is 5.83. The number of carbonyl (C=O) groups is 2. The van der Waals surface area contributed by atoms with Gasteiger partial charge in [-0.25, -0.2) is 4.39 Å². The van der Waals surface area contributed by atoms with E-state index in [0.717, 1.165) is 0 Å². The van der Waals surface area contributed by atoms with Crippen molar-refractivity contribution in [2.75, 3.05) is 6.54 Å². The standard InChI is InChI=1S/C17H20FN3O3/c18-14-5-2-1-4-11(14)8-12(19)9-16(22)21-10-13(17(20)23)15-6-3-7-24-15/h1-7,12-13H,8-10,19H2,(H2,20,23)(H,21,22)/t12-,13?/m1/s1. The minimum atomic E-state index is -0.744. The Kier molecular flexibility index (Phi) is 6.08. The molecule has 1 aromatic heterocycles. The van der Waals surface area contributed by atoms with Crippen LogP contribution in [0.1, 0.15) is 23.7 Å². The zero-order valence-electron chi connectivity index (χ0n) is 13.1. The van der Waals surface area contributed by atoms with Crippen molar-refractivity contribution >= 4 is 11.8 Å². The Morgan fingerprint density at radius 1 is 1.21 bits per heavy atom. The zero-order valence-corrected chi connectivity index (χ0v) is 13.1. The average molecular weight is 333 g/mol. The van der Waals surface area contributed by atoms with Crippen molar-refractivity contribution in [3.63, 3.8) is 0 Å². The van der Waals surface area contributed by atoms with Crippen LogP contribution in [0.3, 0.4) is 0 Å². The highest BCUT2D eigenvalue weighted by Gasteiger charge is 2.22. The van der Waals surface area contributed by atoms with Crippen molar-refractivity contribution in [1.29, 1.82) is 0 Å². The fourth-order valence-electron chi connectivity index (χ4n) is 2.38. The second-order valence-electron chi connectivity index (χ2n) is 5.53. The molecule has 1 unspecified atom stereocenters. The van der Waals surface area contributed by atoms with Gasteiger partial charge in [0.15, 0.2) is 0 Å². The van der Waals surface area contributed by atoms with Gasteiger partial charge in [0, 0.05) is 19.0 Å². The SMILES string of the molecule is NC(=O)C(CNC(=O)C[C@H](N)Cc1ccccc1F)c1ccco1. The van der Waals surface area contributed by atoms with E-state index in [1.54, 1.807) is 30.3 Å². The normalized spacial score (nSPS) is 13.2. The molecule has 5 N–H and O–H groups in total. The van der Waals surface area contributed by atoms with Crippen LogP contribution in [0.2, 0.25) is 0 Å². The summed E-state index contributed by atoms with van der Waals surface area (Å²) in [4.78, 5) is 23.4. The van der Waals surface area contributed by atoms with Gasteiger partial charge in [-0.15, -0.1) is 0 Å². The predicted molar refractivity (Wildman–Crippen MR) is 86.3 cm³/mol. The highest BCUT2D eigenvalue weighted by atomic mass is 19.1. The van der Waals surface area contributed by atoms with E-state index in [9.17, 15) is 14.0 Å². The monoisotopic (exact) mass is 333 g/mol. The third-order valence-electron chi connectivity index (χ3n) is 3.62. The summed E-state index contributed by atoms with van der Waals surface area (Å²) in [5.41, 5.74) is 11.7. The maximum Gasteiger partial charge on any atom is 0.229 e. The molecule has 0 fully saturated rings. The highest BCUT2D eigenvalue weighted by Crippen LogP contribution is 2.15. The summed E-state index contributed by atoms with van der Waals surface area (Å²) < 4.78 is 18.7. The van der Waals surface area contributed by atoms with E-state index in [-0.39, 0.29) is 31.1 Å². The summed E-state index contributed by atoms with van der Waals surface area (Å²) in [5, 5.41) is 2.61. The molecule has 1 aromatic carbocycles. The summed E-state index contributed by atoms with van der Waals surface area (Å²) in [5.74, 6) is -1.64. The van der Waals surface area contributed by atoms with E-state index in [1.807, 2.05) is 0 Å². The van der Waals surface area contributed by atoms with Gasteiger partial charge in [0.2, 0.25) is 11.8 Å². The summed E-state index contributed by atoms with van der Waals surface area (Å²) in [6.45, 7) is 0.0219. The largest absolute Gasteiger partial charge is 0.468 e. The molecule has 2 aromatic rings. The van der Waals surface area contributed by atoms with Gasteiger partial charge in [-0.3, -0.25) is 9.59 Å². The quantitative estimate of drug-likeness (QED) is 0.671. The second-order valence-corrected chi connectivity index (χ2v) is 5.53. The van der Waals surface area contributed by atoms with Crippen LogP contribution in [-0.4, -0.2) is 24.4 Å². The molecule has 2 rings (SSSR count). The van der Waals surface area contributed by atoms with Gasteiger partial charge < -0.3 is 21.2 Å². The molecule has 0 bridgehead atoms. The lowest BCUT2D eigenvalue weighted by molar-refractivity contribution is -0.122. The molecule has 0 aliphatic heterocycles. The van der Waals surface area contributed by atoms with E-state index < -0.39 is 17.9 Å². The van der Waals surface area contributed by atoms with Crippen molar-refractivity contribution < 1.29 is 18.4 Å². The van der Waals surface area contributed by atoms with Crippen molar-refractivity contribution in [3.8, 4) is 0 Å². The molecule has 2 amide bonds. The Labute approximate surface area is 139 Å². The maximum absolute atomic E-state index is 13.6. The van der Waals surface area contributed by atoms with E-state index >= 15 is 0 Å². The number of halogens is 1. The van der Waals surface area contributed by atoms with Gasteiger partial charge >= 0.3 is 0 Å². The molecule has 2 atom stereocenters. The Morgan fingerprint density at radius 3 is 2.58 bits per heavy atom. The van der Waals surface area contributed by atoms with Crippen LogP contribution in [0.5, 0.6) is 0 Å². The van der Waals surface area contributed by atoms with Gasteiger partial charge in [-0.05, 0) is 30.2 Å². The zero-order chi connectivity index (χ0) is 17.5. The van der Waals surface area contributed by atoms with Gasteiger partial charge in [0.25, 0.3) is 0 Å². The number of hydrogen-bond donors (Lipinski definition) is 3. The van der Waals surface area contributed by atoms with Gasteiger partial charge in [0.05, 0.1) is 6.26 Å². The molecule has 24 heavy (non-hydrogen) atoms. The number of nitrogens with two attached hydrogens (primary N) is 2. The van der Waals surface area contributed by atoms with Gasteiger partial charge in [0.1, 0.15) is 17.5 Å². The molecule has 0 aliphatic rings. The minimum Gasteiger partial charge on any atom is -0.468 e. The lowest BCUT2D eigenvalue weighted by Crippen LogP contribution is -2.37. The van der Waals surface area contributed by atoms with Crippen molar-refractivity contribution in [2.45, 2.75) is 24.8 Å². The minimum absolute atomic E-state index is 0.0119. The van der Waals surface area contributed by atoms with Crippen molar-refractivity contribution in [3.05, 3.63) is 59.8 Å². The molecular weight excluding hydrogens is 313 g/mol. The first-order valence-corrected chi connectivity index (χ1v) is 7.55. The first-order chi connectivity index (χ1) is 11.5. The van der Waals surface area contributed by atoms with E-state index in [1.165, 1.54) is 12.3 Å². The number of benzene rings is 1. The molecule has 0 radical (unpaired) electrons. The lowest BCUT2D eigenvalue weighted by atomic mass is 10.0. The third-order valence-corrected chi connectivity index (χ3v) is 3.62. The second kappa shape index (κ2) is 8.26. The number of carbonyl (C=O) groups excluding carboxylic acids is 2. The van der Waals surface area contributed by atoms with Crippen molar-refractivity contribution in [2.24, 2.45) is 11.5 Å². The Hall–Kier alpha value is -2.67. The van der Waals surface area contributed by atoms with Crippen LogP contribution in [0, 0.1) is 5.82 Å². The third kappa shape index (κ3) is 4.92. The van der Waals surface area contributed by atoms with Crippen LogP contribution in [0.25, 0.3) is 0 Å². The van der Waals surface area contributed by atoms with Crippen LogP contribution in [0.15, 0.2) is 47.1 Å². The fraction of sp³-hybridized carbons (Fsp3) is 0.294. The Morgan fingerprint density at radius 2 is 1.96 bits per heavy atom. The summed E-state index contributed by atoms with van der Waals surface area (Å²) >= 11 is 0. The Balaban J connectivity index is 1.84. The molecular formula is C17H20FN3O3. The van der Waals surface area contributed by atoms with Crippen LogP contribution < -0.4 is 16.8 Å². The van der Waals surface area contributed by atoms with Gasteiger partial charge in [-0.1, -0.05) is 18.2 Å². The maximum atomic E-state index is 13.6. The van der Waals surface area contributed by atoms with Crippen molar-refractivity contribution in [1.82, 2.24) is 5.32 Å². The molecule has 0 saturated carbocycles. The predicted octanol–water partition coefficient (Wildman–Crippen LogP) is 1.06. The number of hydrogen-bond acceptors (Lipinski definition) is 4. The molecule has 128 valence electrons. The molecule has 0 spiro atoms. The van der Waals surface area contributed by atoms with Gasteiger partial charge in [-0.2, -0.15) is 0 Å². The van der Waals surface area contributed by atoms with E-state index in [0.29, 0.717) is 11.3 Å². The molecule has 1 heterocycles. The number of primary amides is 1. The average Bonchev–Trinajstić information content (AvgIpc) is 3.03. The lowest BCUT2D eigenvalue weighted by Gasteiger charge is -2.15. The Bertz CT molecular complexity index is 688. The van der Waals surface area contributed by atoms with E-state index in [4.69, 9.17) is 15.9 Å². The molecule has 0 aliphatic carbocycles. The topological polar surface area (TPSA) is 111 Å². The smallest absolute Gasteiger partial charge is 0.229 e.